The third-order valence-electron chi connectivity index (χ3n) is 3.20. The number of aryl methyl sites for hydroxylation is 2. The van der Waals surface area contributed by atoms with E-state index in [1.807, 2.05) is 0 Å². The summed E-state index contributed by atoms with van der Waals surface area (Å²) in [7, 11) is 0. The van der Waals surface area contributed by atoms with Crippen LogP contribution < -0.4 is 5.32 Å². The third kappa shape index (κ3) is 4.51. The normalized spacial score (nSPS) is 14.2. The number of nitrogens with one attached hydrogen (secondary N) is 1. The van der Waals surface area contributed by atoms with E-state index < -0.39 is 0 Å². The van der Waals surface area contributed by atoms with Crippen molar-refractivity contribution in [3.8, 4) is 0 Å². The first-order chi connectivity index (χ1) is 9.31. The lowest BCUT2D eigenvalue weighted by atomic mass is 9.99. The second-order valence-corrected chi connectivity index (χ2v) is 7.07. The van der Waals surface area contributed by atoms with Crippen molar-refractivity contribution in [3.63, 3.8) is 0 Å². The van der Waals surface area contributed by atoms with Gasteiger partial charge in [-0.15, -0.1) is 11.3 Å². The molecule has 5 heteroatoms. The fraction of sp³-hybridized carbons (Fsp3) is 0.643. The summed E-state index contributed by atoms with van der Waals surface area (Å²) in [4.78, 5) is 14.3. The quantitative estimate of drug-likeness (QED) is 0.761. The maximum Gasteiger partial charge on any atom is 0.261 e. The van der Waals surface area contributed by atoms with Gasteiger partial charge in [-0.1, -0.05) is 0 Å². The summed E-state index contributed by atoms with van der Waals surface area (Å²) in [6, 6.07) is 2.08. The summed E-state index contributed by atoms with van der Waals surface area (Å²) in [6.07, 6.45) is 5.62. The Kier molecular flexibility index (Phi) is 6.20. The molecule has 3 nitrogen and oxygen atoms in total. The largest absolute Gasteiger partial charge is 0.396 e. The monoisotopic (exact) mass is 299 g/mol. The highest BCUT2D eigenvalue weighted by atomic mass is 32.2. The first-order valence-corrected chi connectivity index (χ1v) is 8.87. The van der Waals surface area contributed by atoms with Gasteiger partial charge in [-0.3, -0.25) is 4.79 Å². The van der Waals surface area contributed by atoms with Crippen LogP contribution in [0.1, 0.15) is 39.4 Å². The van der Waals surface area contributed by atoms with Gasteiger partial charge in [0.2, 0.25) is 0 Å². The van der Waals surface area contributed by atoms with Crippen LogP contribution in [0.25, 0.3) is 0 Å². The Morgan fingerprint density at radius 3 is 3.00 bits per heavy atom. The Bertz CT molecular complexity index is 394. The average Bonchev–Trinajstić information content (AvgIpc) is 2.86. The van der Waals surface area contributed by atoms with Crippen LogP contribution in [0.3, 0.4) is 0 Å². The number of carbonyl (C=O) groups excluding carboxylic acids is 1. The molecule has 0 unspecified atom stereocenters. The van der Waals surface area contributed by atoms with E-state index in [1.165, 1.54) is 23.3 Å². The topological polar surface area (TPSA) is 49.3 Å². The molecular formula is C14H21NO2S2. The van der Waals surface area contributed by atoms with Crippen LogP contribution in [0.2, 0.25) is 0 Å². The van der Waals surface area contributed by atoms with Crippen LogP contribution in [0.15, 0.2) is 6.07 Å². The SMILES string of the molecule is O=C(NCCSCCCO)c1cc2c(s1)CCCC2. The van der Waals surface area contributed by atoms with Crippen molar-refractivity contribution in [1.29, 1.82) is 0 Å². The molecule has 0 atom stereocenters. The van der Waals surface area contributed by atoms with Gasteiger partial charge in [-0.2, -0.15) is 11.8 Å². The first-order valence-electron chi connectivity index (χ1n) is 6.89. The number of amides is 1. The molecule has 19 heavy (non-hydrogen) atoms. The molecule has 1 aromatic heterocycles. The van der Waals surface area contributed by atoms with E-state index in [9.17, 15) is 4.79 Å². The van der Waals surface area contributed by atoms with Crippen molar-refractivity contribution in [2.24, 2.45) is 0 Å². The molecule has 0 aromatic carbocycles. The van der Waals surface area contributed by atoms with E-state index >= 15 is 0 Å². The van der Waals surface area contributed by atoms with Crippen LogP contribution in [-0.4, -0.2) is 35.7 Å². The van der Waals surface area contributed by atoms with Gasteiger partial charge in [0.25, 0.3) is 5.91 Å². The van der Waals surface area contributed by atoms with Crippen molar-refractivity contribution in [2.75, 3.05) is 24.7 Å². The third-order valence-corrected chi connectivity index (χ3v) is 5.51. The minimum Gasteiger partial charge on any atom is -0.396 e. The van der Waals surface area contributed by atoms with Crippen LogP contribution in [0.5, 0.6) is 0 Å². The number of aliphatic hydroxyl groups excluding tert-OH is 1. The highest BCUT2D eigenvalue weighted by Crippen LogP contribution is 2.29. The molecule has 0 spiro atoms. The van der Waals surface area contributed by atoms with Crippen LogP contribution in [-0.2, 0) is 12.8 Å². The molecule has 0 aliphatic heterocycles. The maximum atomic E-state index is 12.0. The number of carbonyl (C=O) groups is 1. The summed E-state index contributed by atoms with van der Waals surface area (Å²) < 4.78 is 0. The lowest BCUT2D eigenvalue weighted by Crippen LogP contribution is -2.25. The molecule has 0 radical (unpaired) electrons. The number of thiophene rings is 1. The molecular weight excluding hydrogens is 278 g/mol. The molecule has 0 saturated carbocycles. The Morgan fingerprint density at radius 1 is 1.37 bits per heavy atom. The van der Waals surface area contributed by atoms with Crippen molar-refractivity contribution >= 4 is 29.0 Å². The van der Waals surface area contributed by atoms with Crippen LogP contribution in [0.4, 0.5) is 0 Å². The van der Waals surface area contributed by atoms with Gasteiger partial charge in [0, 0.05) is 23.8 Å². The van der Waals surface area contributed by atoms with Crippen molar-refractivity contribution < 1.29 is 9.90 Å². The summed E-state index contributed by atoms with van der Waals surface area (Å²) in [5.41, 5.74) is 1.39. The highest BCUT2D eigenvalue weighted by molar-refractivity contribution is 7.99. The fourth-order valence-electron chi connectivity index (χ4n) is 2.20. The van der Waals surface area contributed by atoms with E-state index in [1.54, 1.807) is 23.1 Å². The molecule has 0 bridgehead atoms. The second-order valence-electron chi connectivity index (χ2n) is 4.71. The number of hydrogen-bond acceptors (Lipinski definition) is 4. The van der Waals surface area contributed by atoms with Gasteiger partial charge in [-0.05, 0) is 49.5 Å². The predicted octanol–water partition coefficient (Wildman–Crippen LogP) is 2.47. The minimum atomic E-state index is 0.0714. The number of aliphatic hydroxyl groups is 1. The van der Waals surface area contributed by atoms with E-state index in [0.717, 1.165) is 35.6 Å². The van der Waals surface area contributed by atoms with Gasteiger partial charge in [0.05, 0.1) is 4.88 Å². The molecule has 1 aliphatic rings. The predicted molar refractivity (Wildman–Crippen MR) is 82.3 cm³/mol. The van der Waals surface area contributed by atoms with E-state index in [-0.39, 0.29) is 12.5 Å². The molecule has 1 aromatic rings. The van der Waals surface area contributed by atoms with Crippen LogP contribution in [0, 0.1) is 0 Å². The van der Waals surface area contributed by atoms with E-state index in [4.69, 9.17) is 5.11 Å². The zero-order valence-electron chi connectivity index (χ0n) is 11.1. The van der Waals surface area contributed by atoms with E-state index in [0.29, 0.717) is 6.54 Å². The lowest BCUT2D eigenvalue weighted by molar-refractivity contribution is 0.0960. The van der Waals surface area contributed by atoms with Crippen molar-refractivity contribution in [2.45, 2.75) is 32.1 Å². The van der Waals surface area contributed by atoms with Gasteiger partial charge >= 0.3 is 0 Å². The van der Waals surface area contributed by atoms with Gasteiger partial charge in [0.15, 0.2) is 0 Å². The summed E-state index contributed by atoms with van der Waals surface area (Å²) in [5, 5.41) is 11.6. The van der Waals surface area contributed by atoms with Crippen LogP contribution >= 0.6 is 23.1 Å². The number of fused-ring (bicyclic) bond motifs is 1. The smallest absolute Gasteiger partial charge is 0.261 e. The molecule has 2 N–H and O–H groups in total. The number of thioether (sulfide) groups is 1. The summed E-state index contributed by atoms with van der Waals surface area (Å²) in [6.45, 7) is 0.956. The molecule has 1 amide bonds. The second kappa shape index (κ2) is 7.92. The lowest BCUT2D eigenvalue weighted by Gasteiger charge is -2.08. The highest BCUT2D eigenvalue weighted by Gasteiger charge is 2.16. The van der Waals surface area contributed by atoms with Gasteiger partial charge < -0.3 is 10.4 Å². The fourth-order valence-corrected chi connectivity index (χ4v) is 4.15. The molecule has 2 rings (SSSR count). The number of hydrogen-bond donors (Lipinski definition) is 2. The van der Waals surface area contributed by atoms with Crippen molar-refractivity contribution in [3.05, 3.63) is 21.4 Å². The Morgan fingerprint density at radius 2 is 2.21 bits per heavy atom. The standard InChI is InChI=1S/C14H21NO2S2/c16-7-3-8-18-9-6-15-14(17)13-10-11-4-1-2-5-12(11)19-13/h10,16H,1-9H2,(H,15,17). The Hall–Kier alpha value is -0.520. The summed E-state index contributed by atoms with van der Waals surface area (Å²) >= 11 is 3.43. The Labute approximate surface area is 122 Å². The molecule has 1 aliphatic carbocycles. The average molecular weight is 299 g/mol. The van der Waals surface area contributed by atoms with E-state index in [2.05, 4.69) is 11.4 Å². The van der Waals surface area contributed by atoms with Gasteiger partial charge in [0.1, 0.15) is 0 Å². The summed E-state index contributed by atoms with van der Waals surface area (Å²) in [5.74, 6) is 1.94. The number of rotatable bonds is 7. The molecule has 1 heterocycles. The van der Waals surface area contributed by atoms with Gasteiger partial charge in [-0.25, -0.2) is 0 Å². The Balaban J connectivity index is 1.72. The minimum absolute atomic E-state index is 0.0714. The van der Waals surface area contributed by atoms with Crippen molar-refractivity contribution in [1.82, 2.24) is 5.32 Å². The molecule has 0 fully saturated rings. The zero-order chi connectivity index (χ0) is 13.5. The first kappa shape index (κ1) is 14.9. The molecule has 0 saturated heterocycles. The zero-order valence-corrected chi connectivity index (χ0v) is 12.7. The molecule has 106 valence electrons. The maximum absolute atomic E-state index is 12.0.